The summed E-state index contributed by atoms with van der Waals surface area (Å²) >= 11 is 0. The largest absolute Gasteiger partial charge is 0.472 e. The number of furan rings is 1. The number of nitrogens with zero attached hydrogens (tertiary/aromatic N) is 2. The van der Waals surface area contributed by atoms with E-state index < -0.39 is 0 Å². The monoisotopic (exact) mass is 247 g/mol. The minimum Gasteiger partial charge on any atom is -0.472 e. The quantitative estimate of drug-likeness (QED) is 0.903. The highest BCUT2D eigenvalue weighted by molar-refractivity contribution is 5.51. The molecule has 1 aliphatic rings. The van der Waals surface area contributed by atoms with E-state index >= 15 is 0 Å². The molecular formula is C13H17N3O2. The van der Waals surface area contributed by atoms with E-state index in [2.05, 4.69) is 15.5 Å². The van der Waals surface area contributed by atoms with Crippen LogP contribution in [0, 0.1) is 0 Å². The summed E-state index contributed by atoms with van der Waals surface area (Å²) in [5.41, 5.74) is 0.863. The van der Waals surface area contributed by atoms with Crippen LogP contribution >= 0.6 is 0 Å². The molecule has 0 bridgehead atoms. The van der Waals surface area contributed by atoms with Crippen LogP contribution in [-0.4, -0.2) is 23.2 Å². The van der Waals surface area contributed by atoms with Crippen LogP contribution < -0.4 is 5.32 Å². The van der Waals surface area contributed by atoms with E-state index in [1.165, 1.54) is 19.3 Å². The number of aromatic nitrogens is 2. The number of hydrogen-bond donors (Lipinski definition) is 1. The van der Waals surface area contributed by atoms with Crippen LogP contribution in [0.25, 0.3) is 11.4 Å². The first kappa shape index (κ1) is 11.5. The molecule has 0 aliphatic heterocycles. The molecule has 2 aromatic rings. The molecule has 1 aliphatic carbocycles. The Balaban J connectivity index is 1.84. The second kappa shape index (κ2) is 4.94. The zero-order chi connectivity index (χ0) is 12.4. The van der Waals surface area contributed by atoms with Crippen LogP contribution in [0.1, 0.15) is 37.5 Å². The average Bonchev–Trinajstić information content (AvgIpc) is 3.09. The first-order chi connectivity index (χ1) is 8.88. The van der Waals surface area contributed by atoms with Crippen LogP contribution in [0.3, 0.4) is 0 Å². The summed E-state index contributed by atoms with van der Waals surface area (Å²) in [6.07, 6.45) is 8.02. The van der Waals surface area contributed by atoms with E-state index in [4.69, 9.17) is 8.94 Å². The van der Waals surface area contributed by atoms with Crippen molar-refractivity contribution in [3.05, 3.63) is 24.5 Å². The average molecular weight is 247 g/mol. The topological polar surface area (TPSA) is 64.1 Å². The molecule has 2 atom stereocenters. The van der Waals surface area contributed by atoms with Crippen LogP contribution in [-0.2, 0) is 0 Å². The number of hydrogen-bond acceptors (Lipinski definition) is 5. The number of likely N-dealkylation sites (N-methyl/N-ethyl adjacent to an activating group) is 1. The maximum Gasteiger partial charge on any atom is 0.231 e. The van der Waals surface area contributed by atoms with E-state index in [0.717, 1.165) is 17.9 Å². The lowest BCUT2D eigenvalue weighted by Crippen LogP contribution is -2.34. The van der Waals surface area contributed by atoms with Gasteiger partial charge in [0.25, 0.3) is 0 Å². The van der Waals surface area contributed by atoms with Gasteiger partial charge in [0, 0.05) is 6.04 Å². The zero-order valence-electron chi connectivity index (χ0n) is 10.4. The predicted molar refractivity (Wildman–Crippen MR) is 66.1 cm³/mol. The third-order valence-electron chi connectivity index (χ3n) is 3.68. The van der Waals surface area contributed by atoms with Gasteiger partial charge in [-0.25, -0.2) is 0 Å². The Bertz CT molecular complexity index is 492. The summed E-state index contributed by atoms with van der Waals surface area (Å²) < 4.78 is 10.4. The van der Waals surface area contributed by atoms with Gasteiger partial charge in [-0.3, -0.25) is 0 Å². The zero-order valence-corrected chi connectivity index (χ0v) is 10.4. The fourth-order valence-corrected chi connectivity index (χ4v) is 2.67. The van der Waals surface area contributed by atoms with Crippen LogP contribution in [0.2, 0.25) is 0 Å². The van der Waals surface area contributed by atoms with Gasteiger partial charge in [-0.15, -0.1) is 0 Å². The molecule has 0 saturated heterocycles. The van der Waals surface area contributed by atoms with E-state index in [-0.39, 0.29) is 0 Å². The van der Waals surface area contributed by atoms with E-state index in [1.54, 1.807) is 12.5 Å². The van der Waals surface area contributed by atoms with Gasteiger partial charge < -0.3 is 14.3 Å². The number of rotatable bonds is 3. The lowest BCUT2D eigenvalue weighted by molar-refractivity contribution is 0.270. The van der Waals surface area contributed by atoms with Crippen molar-refractivity contribution in [3.8, 4) is 11.4 Å². The molecule has 0 radical (unpaired) electrons. The summed E-state index contributed by atoms with van der Waals surface area (Å²) in [6.45, 7) is 0. The maximum atomic E-state index is 5.42. The summed E-state index contributed by atoms with van der Waals surface area (Å²) in [4.78, 5) is 4.50. The summed E-state index contributed by atoms with van der Waals surface area (Å²) in [5, 5.41) is 7.38. The Hall–Kier alpha value is -1.62. The molecule has 2 heterocycles. The Labute approximate surface area is 106 Å². The molecule has 0 spiro atoms. The Kier molecular flexibility index (Phi) is 3.15. The summed E-state index contributed by atoms with van der Waals surface area (Å²) in [7, 11) is 2.00. The standard InChI is InChI=1S/C13H17N3O2/c1-14-11-5-3-2-4-10(11)13-15-12(16-18-13)9-6-7-17-8-9/h6-8,10-11,14H,2-5H2,1H3. The summed E-state index contributed by atoms with van der Waals surface area (Å²) in [5.74, 6) is 1.68. The van der Waals surface area contributed by atoms with Crippen molar-refractivity contribution in [2.75, 3.05) is 7.05 Å². The smallest absolute Gasteiger partial charge is 0.231 e. The van der Waals surface area contributed by atoms with Crippen LogP contribution in [0.5, 0.6) is 0 Å². The fraction of sp³-hybridized carbons (Fsp3) is 0.538. The lowest BCUT2D eigenvalue weighted by atomic mass is 9.84. The lowest BCUT2D eigenvalue weighted by Gasteiger charge is -2.28. The minimum absolute atomic E-state index is 0.330. The van der Waals surface area contributed by atoms with Crippen LogP contribution in [0.4, 0.5) is 0 Å². The molecule has 2 aromatic heterocycles. The normalized spacial score (nSPS) is 24.3. The third kappa shape index (κ3) is 2.06. The summed E-state index contributed by atoms with van der Waals surface area (Å²) in [6, 6.07) is 2.28. The first-order valence-electron chi connectivity index (χ1n) is 6.42. The van der Waals surface area contributed by atoms with Crippen molar-refractivity contribution in [2.24, 2.45) is 0 Å². The van der Waals surface area contributed by atoms with Gasteiger partial charge in [0.15, 0.2) is 0 Å². The Morgan fingerprint density at radius 2 is 2.22 bits per heavy atom. The highest BCUT2D eigenvalue weighted by Gasteiger charge is 2.30. The van der Waals surface area contributed by atoms with Crippen molar-refractivity contribution < 1.29 is 8.94 Å². The van der Waals surface area contributed by atoms with Gasteiger partial charge in [-0.05, 0) is 26.0 Å². The second-order valence-corrected chi connectivity index (χ2v) is 4.75. The van der Waals surface area contributed by atoms with Crippen molar-refractivity contribution >= 4 is 0 Å². The van der Waals surface area contributed by atoms with Gasteiger partial charge in [-0.1, -0.05) is 18.0 Å². The molecule has 5 nitrogen and oxygen atoms in total. The minimum atomic E-state index is 0.330. The highest BCUT2D eigenvalue weighted by Crippen LogP contribution is 2.32. The Morgan fingerprint density at radius 3 is 3.00 bits per heavy atom. The predicted octanol–water partition coefficient (Wildman–Crippen LogP) is 2.58. The molecule has 5 heteroatoms. The molecule has 1 fully saturated rings. The van der Waals surface area contributed by atoms with Crippen LogP contribution in [0.15, 0.2) is 27.5 Å². The molecule has 0 amide bonds. The third-order valence-corrected chi connectivity index (χ3v) is 3.68. The Morgan fingerprint density at radius 1 is 1.33 bits per heavy atom. The van der Waals surface area contributed by atoms with Gasteiger partial charge in [0.1, 0.15) is 6.26 Å². The van der Waals surface area contributed by atoms with Crippen molar-refractivity contribution in [1.82, 2.24) is 15.5 Å². The highest BCUT2D eigenvalue weighted by atomic mass is 16.5. The van der Waals surface area contributed by atoms with E-state index in [9.17, 15) is 0 Å². The first-order valence-corrected chi connectivity index (χ1v) is 6.42. The van der Waals surface area contributed by atoms with E-state index in [1.807, 2.05) is 13.1 Å². The maximum absolute atomic E-state index is 5.42. The molecule has 3 rings (SSSR count). The molecule has 1 N–H and O–H groups in total. The van der Waals surface area contributed by atoms with E-state index in [0.29, 0.717) is 17.8 Å². The van der Waals surface area contributed by atoms with Gasteiger partial charge in [-0.2, -0.15) is 4.98 Å². The molecule has 0 aromatic carbocycles. The second-order valence-electron chi connectivity index (χ2n) is 4.75. The molecule has 2 unspecified atom stereocenters. The van der Waals surface area contributed by atoms with Gasteiger partial charge in [0.2, 0.25) is 11.7 Å². The fourth-order valence-electron chi connectivity index (χ4n) is 2.67. The molecule has 18 heavy (non-hydrogen) atoms. The SMILES string of the molecule is CNC1CCCCC1c1nc(-c2ccoc2)no1. The van der Waals surface area contributed by atoms with Gasteiger partial charge >= 0.3 is 0 Å². The molecular weight excluding hydrogens is 230 g/mol. The molecule has 96 valence electrons. The van der Waals surface area contributed by atoms with Gasteiger partial charge in [0.05, 0.1) is 17.7 Å². The number of nitrogens with one attached hydrogen (secondary N) is 1. The van der Waals surface area contributed by atoms with Crippen molar-refractivity contribution in [3.63, 3.8) is 0 Å². The molecule has 1 saturated carbocycles. The van der Waals surface area contributed by atoms with Crippen molar-refractivity contribution in [1.29, 1.82) is 0 Å². The van der Waals surface area contributed by atoms with Crippen molar-refractivity contribution in [2.45, 2.75) is 37.6 Å².